The molecule has 1 fully saturated rings. The summed E-state index contributed by atoms with van der Waals surface area (Å²) in [6.45, 7) is 4.59. The molecule has 5 rings (SSSR count). The highest BCUT2D eigenvalue weighted by Crippen LogP contribution is 2.31. The van der Waals surface area contributed by atoms with Crippen LogP contribution in [0.1, 0.15) is 26.3 Å². The molecule has 0 unspecified atom stereocenters. The summed E-state index contributed by atoms with van der Waals surface area (Å²) < 4.78 is 0.947. The highest BCUT2D eigenvalue weighted by molar-refractivity contribution is 9.10. The number of amides is 2. The Bertz CT molecular complexity index is 1460. The number of piperazine rings is 1. The molecule has 0 spiro atoms. The van der Waals surface area contributed by atoms with E-state index < -0.39 is 0 Å². The Morgan fingerprint density at radius 3 is 2.28 bits per heavy atom. The second-order valence-electron chi connectivity index (χ2n) is 8.86. The lowest BCUT2D eigenvalue weighted by atomic mass is 10.0. The number of carbonyl (C=O) groups excluding carboxylic acids is 2. The third-order valence-electron chi connectivity index (χ3n) is 6.60. The number of rotatable bonds is 4. The van der Waals surface area contributed by atoms with Crippen molar-refractivity contribution in [3.05, 3.63) is 105 Å². The van der Waals surface area contributed by atoms with Gasteiger partial charge in [0.05, 0.1) is 10.7 Å². The third kappa shape index (κ3) is 4.84. The first-order valence-electron chi connectivity index (χ1n) is 11.8. The van der Waals surface area contributed by atoms with Crippen molar-refractivity contribution in [3.63, 3.8) is 0 Å². The summed E-state index contributed by atoms with van der Waals surface area (Å²) >= 11 is 10.2. The van der Waals surface area contributed by atoms with E-state index in [0.717, 1.165) is 32.1 Å². The van der Waals surface area contributed by atoms with Gasteiger partial charge in [0.15, 0.2) is 0 Å². The maximum Gasteiger partial charge on any atom is 0.256 e. The Balaban J connectivity index is 1.26. The van der Waals surface area contributed by atoms with Crippen LogP contribution in [0.25, 0.3) is 10.8 Å². The number of hydrogen-bond donors (Lipinski definition) is 1. The minimum Gasteiger partial charge on any atom is -0.367 e. The van der Waals surface area contributed by atoms with Crippen LogP contribution < -0.4 is 10.2 Å². The molecule has 36 heavy (non-hydrogen) atoms. The van der Waals surface area contributed by atoms with Gasteiger partial charge in [0, 0.05) is 47.5 Å². The van der Waals surface area contributed by atoms with Crippen molar-refractivity contribution in [1.29, 1.82) is 0 Å². The molecule has 0 atom stereocenters. The van der Waals surface area contributed by atoms with Crippen molar-refractivity contribution < 1.29 is 9.59 Å². The first kappa shape index (κ1) is 24.3. The summed E-state index contributed by atoms with van der Waals surface area (Å²) in [5.41, 5.74) is 3.87. The zero-order valence-corrected chi connectivity index (χ0v) is 22.1. The first-order valence-corrected chi connectivity index (χ1v) is 13.0. The van der Waals surface area contributed by atoms with Gasteiger partial charge >= 0.3 is 0 Å². The number of nitrogens with one attached hydrogen (secondary N) is 1. The summed E-state index contributed by atoms with van der Waals surface area (Å²) in [5.74, 6) is -0.122. The lowest BCUT2D eigenvalue weighted by Crippen LogP contribution is -2.49. The van der Waals surface area contributed by atoms with Gasteiger partial charge in [0.1, 0.15) is 0 Å². The Labute approximate surface area is 223 Å². The van der Waals surface area contributed by atoms with Gasteiger partial charge in [-0.15, -0.1) is 0 Å². The predicted molar refractivity (Wildman–Crippen MR) is 150 cm³/mol. The van der Waals surface area contributed by atoms with Crippen LogP contribution >= 0.6 is 27.5 Å². The summed E-state index contributed by atoms with van der Waals surface area (Å²) in [7, 11) is 0. The number of benzene rings is 4. The summed E-state index contributed by atoms with van der Waals surface area (Å²) in [6, 6.07) is 24.7. The zero-order chi connectivity index (χ0) is 25.2. The quantitative estimate of drug-likeness (QED) is 0.298. The number of aryl methyl sites for hydroxylation is 1. The normalized spacial score (nSPS) is 13.6. The molecule has 0 aromatic heterocycles. The molecular weight excluding hydrogens is 538 g/mol. The molecule has 1 aliphatic rings. The molecule has 4 aromatic rings. The van der Waals surface area contributed by atoms with Crippen molar-refractivity contribution in [1.82, 2.24) is 4.90 Å². The fourth-order valence-electron chi connectivity index (χ4n) is 4.64. The number of fused-ring (bicyclic) bond motifs is 1. The van der Waals surface area contributed by atoms with E-state index in [2.05, 4.69) is 26.1 Å². The highest BCUT2D eigenvalue weighted by Gasteiger charge is 2.24. The van der Waals surface area contributed by atoms with Gasteiger partial charge in [-0.05, 0) is 59.7 Å². The molecule has 1 saturated heterocycles. The molecule has 1 heterocycles. The van der Waals surface area contributed by atoms with E-state index in [-0.39, 0.29) is 11.8 Å². The van der Waals surface area contributed by atoms with E-state index >= 15 is 0 Å². The Kier molecular flexibility index (Phi) is 6.99. The van der Waals surface area contributed by atoms with Gasteiger partial charge in [-0.3, -0.25) is 9.59 Å². The van der Waals surface area contributed by atoms with Gasteiger partial charge in [-0.1, -0.05) is 70.0 Å². The standard InChI is InChI=1S/C29H25BrClN3O2/c1-19-6-2-3-7-21(19)29(36)34-16-14-33(15-17-34)27-13-12-20(18-26(27)31)32-28(35)24-10-4-9-23-22(24)8-5-11-25(23)30/h2-13,18H,14-17H2,1H3,(H,32,35). The lowest BCUT2D eigenvalue weighted by molar-refractivity contribution is 0.0746. The minimum absolute atomic E-state index is 0.0670. The Morgan fingerprint density at radius 1 is 0.833 bits per heavy atom. The van der Waals surface area contributed by atoms with Gasteiger partial charge in [0.25, 0.3) is 11.8 Å². The summed E-state index contributed by atoms with van der Waals surface area (Å²) in [5, 5.41) is 5.40. The van der Waals surface area contributed by atoms with Crippen molar-refractivity contribution in [2.75, 3.05) is 36.4 Å². The van der Waals surface area contributed by atoms with E-state index in [1.165, 1.54) is 0 Å². The van der Waals surface area contributed by atoms with E-state index in [9.17, 15) is 9.59 Å². The van der Waals surface area contributed by atoms with Gasteiger partial charge in [-0.25, -0.2) is 0 Å². The molecule has 7 heteroatoms. The molecule has 0 aliphatic carbocycles. The van der Waals surface area contributed by atoms with E-state index in [4.69, 9.17) is 11.6 Å². The van der Waals surface area contributed by atoms with Crippen molar-refractivity contribution >= 4 is 61.5 Å². The average molecular weight is 563 g/mol. The second-order valence-corrected chi connectivity index (χ2v) is 10.1. The molecule has 0 bridgehead atoms. The summed E-state index contributed by atoms with van der Waals surface area (Å²) in [6.07, 6.45) is 0. The van der Waals surface area contributed by atoms with Crippen LogP contribution in [0.3, 0.4) is 0 Å². The monoisotopic (exact) mass is 561 g/mol. The number of halogens is 2. The van der Waals surface area contributed by atoms with E-state index in [1.807, 2.05) is 84.6 Å². The minimum atomic E-state index is -0.189. The molecule has 2 amide bonds. The SMILES string of the molecule is Cc1ccccc1C(=O)N1CCN(c2ccc(NC(=O)c3cccc4c(Br)cccc34)cc2Cl)CC1. The third-order valence-corrected chi connectivity index (χ3v) is 7.60. The Morgan fingerprint density at radius 2 is 1.53 bits per heavy atom. The molecular formula is C29H25BrClN3O2. The predicted octanol–water partition coefficient (Wildman–Crippen LogP) is 6.78. The molecule has 5 nitrogen and oxygen atoms in total. The van der Waals surface area contributed by atoms with Crippen molar-refractivity contribution in [2.24, 2.45) is 0 Å². The number of nitrogens with zero attached hydrogens (tertiary/aromatic N) is 2. The fraction of sp³-hybridized carbons (Fsp3) is 0.172. The molecule has 0 saturated carbocycles. The van der Waals surface area contributed by atoms with Crippen LogP contribution in [-0.4, -0.2) is 42.9 Å². The van der Waals surface area contributed by atoms with E-state index in [1.54, 1.807) is 6.07 Å². The second kappa shape index (κ2) is 10.3. The number of carbonyl (C=O) groups is 2. The average Bonchev–Trinajstić information content (AvgIpc) is 2.89. The number of anilines is 2. The van der Waals surface area contributed by atoms with Gasteiger partial charge in [-0.2, -0.15) is 0 Å². The molecule has 1 N–H and O–H groups in total. The van der Waals surface area contributed by atoms with Crippen LogP contribution in [0, 0.1) is 6.92 Å². The maximum atomic E-state index is 13.1. The molecule has 182 valence electrons. The largest absolute Gasteiger partial charge is 0.367 e. The first-order chi connectivity index (χ1) is 17.4. The van der Waals surface area contributed by atoms with Crippen molar-refractivity contribution in [3.8, 4) is 0 Å². The van der Waals surface area contributed by atoms with Gasteiger partial charge < -0.3 is 15.1 Å². The molecule has 0 radical (unpaired) electrons. The van der Waals surface area contributed by atoms with Crippen LogP contribution in [0.2, 0.25) is 5.02 Å². The fourth-order valence-corrected chi connectivity index (χ4v) is 5.44. The topological polar surface area (TPSA) is 52.7 Å². The smallest absolute Gasteiger partial charge is 0.256 e. The molecule has 4 aromatic carbocycles. The van der Waals surface area contributed by atoms with Gasteiger partial charge in [0.2, 0.25) is 0 Å². The summed E-state index contributed by atoms with van der Waals surface area (Å²) in [4.78, 5) is 30.1. The Hall–Kier alpha value is -3.35. The van der Waals surface area contributed by atoms with Crippen LogP contribution in [0.15, 0.2) is 83.3 Å². The lowest BCUT2D eigenvalue weighted by Gasteiger charge is -2.36. The van der Waals surface area contributed by atoms with Crippen LogP contribution in [0.4, 0.5) is 11.4 Å². The maximum absolute atomic E-state index is 13.1. The van der Waals surface area contributed by atoms with Crippen molar-refractivity contribution in [2.45, 2.75) is 6.92 Å². The van der Waals surface area contributed by atoms with Crippen LogP contribution in [0.5, 0.6) is 0 Å². The van der Waals surface area contributed by atoms with E-state index in [0.29, 0.717) is 42.5 Å². The molecule has 1 aliphatic heterocycles. The van der Waals surface area contributed by atoms with Crippen LogP contribution in [-0.2, 0) is 0 Å². The number of hydrogen-bond acceptors (Lipinski definition) is 3. The zero-order valence-electron chi connectivity index (χ0n) is 19.8. The highest BCUT2D eigenvalue weighted by atomic mass is 79.9.